The van der Waals surface area contributed by atoms with E-state index in [9.17, 15) is 0 Å². The van der Waals surface area contributed by atoms with Gasteiger partial charge in [-0.25, -0.2) is 4.98 Å². The van der Waals surface area contributed by atoms with Crippen molar-refractivity contribution in [2.24, 2.45) is 11.7 Å². The first-order chi connectivity index (χ1) is 6.69. The summed E-state index contributed by atoms with van der Waals surface area (Å²) < 4.78 is 0. The molecule has 1 heterocycles. The first kappa shape index (κ1) is 11.2. The summed E-state index contributed by atoms with van der Waals surface area (Å²) in [6.07, 6.45) is 4.16. The van der Waals surface area contributed by atoms with Gasteiger partial charge in [-0.15, -0.1) is 0 Å². The van der Waals surface area contributed by atoms with Crippen LogP contribution in [0.2, 0.25) is 0 Å². The highest BCUT2D eigenvalue weighted by Gasteiger charge is 2.16. The van der Waals surface area contributed by atoms with Gasteiger partial charge in [0.2, 0.25) is 0 Å². The van der Waals surface area contributed by atoms with Crippen LogP contribution in [0.15, 0.2) is 6.20 Å². The topological polar surface area (TPSA) is 54.7 Å². The van der Waals surface area contributed by atoms with Crippen molar-refractivity contribution in [2.45, 2.75) is 39.5 Å². The van der Waals surface area contributed by atoms with Crippen LogP contribution in [-0.4, -0.2) is 16.5 Å². The number of aryl methyl sites for hydroxylation is 1. The largest absolute Gasteiger partial charge is 0.346 e. The van der Waals surface area contributed by atoms with Crippen LogP contribution < -0.4 is 5.73 Å². The molecule has 1 atom stereocenters. The number of aromatic amines is 1. The molecule has 0 saturated heterocycles. The third-order valence-corrected chi connectivity index (χ3v) is 2.58. The van der Waals surface area contributed by atoms with Crippen molar-refractivity contribution in [3.63, 3.8) is 0 Å². The number of hydrogen-bond acceptors (Lipinski definition) is 2. The fraction of sp³-hybridized carbons (Fsp3) is 0.727. The summed E-state index contributed by atoms with van der Waals surface area (Å²) >= 11 is 0. The van der Waals surface area contributed by atoms with E-state index in [0.717, 1.165) is 18.7 Å². The Labute approximate surface area is 86.1 Å². The maximum absolute atomic E-state index is 5.73. The number of imidazole rings is 1. The van der Waals surface area contributed by atoms with Crippen LogP contribution in [0.5, 0.6) is 0 Å². The van der Waals surface area contributed by atoms with E-state index in [1.54, 1.807) is 0 Å². The Bertz CT molecular complexity index is 265. The molecule has 0 aliphatic heterocycles. The number of H-pyrrole nitrogens is 1. The van der Waals surface area contributed by atoms with Crippen molar-refractivity contribution in [1.82, 2.24) is 9.97 Å². The minimum atomic E-state index is 0.362. The van der Waals surface area contributed by atoms with Crippen molar-refractivity contribution in [2.75, 3.05) is 6.54 Å². The molecule has 0 bridgehead atoms. The van der Waals surface area contributed by atoms with Gasteiger partial charge < -0.3 is 10.7 Å². The first-order valence-corrected chi connectivity index (χ1v) is 5.42. The van der Waals surface area contributed by atoms with Crippen LogP contribution in [0.3, 0.4) is 0 Å². The lowest BCUT2D eigenvalue weighted by Gasteiger charge is -2.15. The van der Waals surface area contributed by atoms with Gasteiger partial charge in [0, 0.05) is 24.4 Å². The molecule has 1 unspecified atom stereocenters. The predicted octanol–water partition coefficient (Wildman–Crippen LogP) is 2.06. The van der Waals surface area contributed by atoms with Crippen LogP contribution in [0.1, 0.15) is 44.6 Å². The molecule has 0 aliphatic rings. The number of hydrogen-bond donors (Lipinski definition) is 2. The molecule has 80 valence electrons. The Hall–Kier alpha value is -0.830. The van der Waals surface area contributed by atoms with E-state index in [2.05, 4.69) is 30.7 Å². The van der Waals surface area contributed by atoms with Gasteiger partial charge in [-0.2, -0.15) is 0 Å². The maximum atomic E-state index is 5.73. The number of nitrogens with one attached hydrogen (secondary N) is 1. The van der Waals surface area contributed by atoms with Crippen LogP contribution in [0.25, 0.3) is 0 Å². The Kier molecular flexibility index (Phi) is 4.14. The molecule has 0 amide bonds. The molecule has 1 aromatic rings. The lowest BCUT2D eigenvalue weighted by Crippen LogP contribution is -2.19. The number of nitrogens with two attached hydrogens (primary N) is 1. The van der Waals surface area contributed by atoms with E-state index in [-0.39, 0.29) is 0 Å². The zero-order valence-electron chi connectivity index (χ0n) is 9.38. The van der Waals surface area contributed by atoms with E-state index < -0.39 is 0 Å². The Balaban J connectivity index is 2.73. The highest BCUT2D eigenvalue weighted by atomic mass is 14.9. The molecule has 14 heavy (non-hydrogen) atoms. The number of nitrogens with zero attached hydrogens (tertiary/aromatic N) is 1. The summed E-state index contributed by atoms with van der Waals surface area (Å²) in [5.41, 5.74) is 6.95. The normalized spacial score (nSPS) is 13.5. The molecule has 3 nitrogen and oxygen atoms in total. The lowest BCUT2D eigenvalue weighted by molar-refractivity contribution is 0.486. The number of rotatable bonds is 5. The van der Waals surface area contributed by atoms with Gasteiger partial charge in [0.15, 0.2) is 0 Å². The zero-order valence-corrected chi connectivity index (χ0v) is 9.38. The van der Waals surface area contributed by atoms with Crippen molar-refractivity contribution >= 4 is 0 Å². The summed E-state index contributed by atoms with van der Waals surface area (Å²) in [6.45, 7) is 7.19. The van der Waals surface area contributed by atoms with Crippen molar-refractivity contribution < 1.29 is 0 Å². The third kappa shape index (κ3) is 2.58. The molecule has 0 radical (unpaired) electrons. The minimum absolute atomic E-state index is 0.362. The highest BCUT2D eigenvalue weighted by molar-refractivity contribution is 5.06. The minimum Gasteiger partial charge on any atom is -0.346 e. The summed E-state index contributed by atoms with van der Waals surface area (Å²) in [5, 5.41) is 0. The summed E-state index contributed by atoms with van der Waals surface area (Å²) in [4.78, 5) is 7.75. The molecule has 0 fully saturated rings. The SMILES string of the molecule is CCCc1cnc(C(CN)C(C)C)[nH]1. The van der Waals surface area contributed by atoms with Gasteiger partial charge >= 0.3 is 0 Å². The van der Waals surface area contributed by atoms with Gasteiger partial charge in [-0.3, -0.25) is 0 Å². The van der Waals surface area contributed by atoms with Crippen LogP contribution in [-0.2, 0) is 6.42 Å². The van der Waals surface area contributed by atoms with Crippen molar-refractivity contribution in [1.29, 1.82) is 0 Å². The van der Waals surface area contributed by atoms with Crippen LogP contribution in [0.4, 0.5) is 0 Å². The molecule has 3 N–H and O–H groups in total. The summed E-state index contributed by atoms with van der Waals surface area (Å²) in [5.74, 6) is 1.95. The Morgan fingerprint density at radius 2 is 2.21 bits per heavy atom. The predicted molar refractivity (Wildman–Crippen MR) is 59.2 cm³/mol. The molecule has 3 heteroatoms. The molecular weight excluding hydrogens is 174 g/mol. The second-order valence-electron chi connectivity index (χ2n) is 4.13. The monoisotopic (exact) mass is 195 g/mol. The second-order valence-corrected chi connectivity index (χ2v) is 4.13. The molecule has 0 saturated carbocycles. The van der Waals surface area contributed by atoms with E-state index >= 15 is 0 Å². The summed E-state index contributed by atoms with van der Waals surface area (Å²) in [7, 11) is 0. The average Bonchev–Trinajstić information content (AvgIpc) is 2.54. The van der Waals surface area contributed by atoms with Crippen molar-refractivity contribution in [3.8, 4) is 0 Å². The number of aromatic nitrogens is 2. The van der Waals surface area contributed by atoms with E-state index in [0.29, 0.717) is 18.4 Å². The second kappa shape index (κ2) is 5.15. The highest BCUT2D eigenvalue weighted by Crippen LogP contribution is 2.20. The quantitative estimate of drug-likeness (QED) is 0.755. The molecule has 1 aromatic heterocycles. The van der Waals surface area contributed by atoms with E-state index in [1.165, 1.54) is 5.69 Å². The average molecular weight is 195 g/mol. The fourth-order valence-electron chi connectivity index (χ4n) is 1.66. The fourth-order valence-corrected chi connectivity index (χ4v) is 1.66. The molecule has 0 spiro atoms. The third-order valence-electron chi connectivity index (χ3n) is 2.58. The van der Waals surface area contributed by atoms with Gasteiger partial charge in [0.1, 0.15) is 5.82 Å². The smallest absolute Gasteiger partial charge is 0.110 e. The first-order valence-electron chi connectivity index (χ1n) is 5.42. The molecular formula is C11H21N3. The Morgan fingerprint density at radius 3 is 2.71 bits per heavy atom. The molecule has 1 rings (SSSR count). The maximum Gasteiger partial charge on any atom is 0.110 e. The van der Waals surface area contributed by atoms with Crippen LogP contribution >= 0.6 is 0 Å². The lowest BCUT2D eigenvalue weighted by atomic mass is 9.95. The zero-order chi connectivity index (χ0) is 10.6. The van der Waals surface area contributed by atoms with Gasteiger partial charge in [0.25, 0.3) is 0 Å². The van der Waals surface area contributed by atoms with Gasteiger partial charge in [-0.05, 0) is 12.3 Å². The summed E-state index contributed by atoms with van der Waals surface area (Å²) in [6, 6.07) is 0. The Morgan fingerprint density at radius 1 is 1.50 bits per heavy atom. The standard InChI is InChI=1S/C11H21N3/c1-4-5-9-7-13-11(14-9)10(6-12)8(2)3/h7-8,10H,4-6,12H2,1-3H3,(H,13,14). The van der Waals surface area contributed by atoms with Gasteiger partial charge in [-0.1, -0.05) is 27.2 Å². The molecule has 0 aromatic carbocycles. The van der Waals surface area contributed by atoms with E-state index in [1.807, 2.05) is 6.20 Å². The molecule has 0 aliphatic carbocycles. The van der Waals surface area contributed by atoms with Crippen LogP contribution in [0, 0.1) is 5.92 Å². The van der Waals surface area contributed by atoms with E-state index in [4.69, 9.17) is 5.73 Å². The van der Waals surface area contributed by atoms with Gasteiger partial charge in [0.05, 0.1) is 0 Å². The van der Waals surface area contributed by atoms with Crippen molar-refractivity contribution in [3.05, 3.63) is 17.7 Å².